The number of rotatable bonds is 7. The first-order valence-electron chi connectivity index (χ1n) is 28.8. The van der Waals surface area contributed by atoms with Gasteiger partial charge in [-0.1, -0.05) is 290 Å². The van der Waals surface area contributed by atoms with E-state index in [2.05, 4.69) is 319 Å². The fourth-order valence-electron chi connectivity index (χ4n) is 14.6. The van der Waals surface area contributed by atoms with Crippen LogP contribution in [0.5, 0.6) is 0 Å². The van der Waals surface area contributed by atoms with Crippen molar-refractivity contribution in [1.29, 1.82) is 0 Å². The summed E-state index contributed by atoms with van der Waals surface area (Å²) in [5, 5.41) is 2.45. The summed E-state index contributed by atoms with van der Waals surface area (Å²) in [6, 6.07) is 104. The van der Waals surface area contributed by atoms with Gasteiger partial charge in [-0.15, -0.1) is 0 Å². The van der Waals surface area contributed by atoms with Crippen molar-refractivity contribution in [3.63, 3.8) is 0 Å². The van der Waals surface area contributed by atoms with Crippen LogP contribution in [-0.4, -0.2) is 0 Å². The minimum Gasteiger partial charge on any atom is -0.309 e. The third kappa shape index (κ3) is 7.11. The van der Waals surface area contributed by atoms with Crippen LogP contribution in [0.4, 0.5) is 17.1 Å². The lowest BCUT2D eigenvalue weighted by atomic mass is 9.67. The van der Waals surface area contributed by atoms with Crippen LogP contribution in [0.3, 0.4) is 0 Å². The van der Waals surface area contributed by atoms with Crippen molar-refractivity contribution in [2.75, 3.05) is 4.90 Å². The monoisotopic (exact) mass is 1040 g/mol. The van der Waals surface area contributed by atoms with E-state index in [4.69, 9.17) is 0 Å². The van der Waals surface area contributed by atoms with E-state index in [0.717, 1.165) is 22.6 Å². The summed E-state index contributed by atoms with van der Waals surface area (Å²) >= 11 is 0. The van der Waals surface area contributed by atoms with Gasteiger partial charge in [-0.3, -0.25) is 0 Å². The zero-order valence-corrected chi connectivity index (χ0v) is 46.9. The highest BCUT2D eigenvalue weighted by Crippen LogP contribution is 2.65. The van der Waals surface area contributed by atoms with E-state index >= 15 is 0 Å². The van der Waals surface area contributed by atoms with Gasteiger partial charge in [-0.25, -0.2) is 0 Å². The molecule has 0 aliphatic heterocycles. The summed E-state index contributed by atoms with van der Waals surface area (Å²) in [6.07, 6.45) is 0. The largest absolute Gasteiger partial charge is 0.309 e. The number of para-hydroxylation sites is 1. The zero-order chi connectivity index (χ0) is 54.8. The van der Waals surface area contributed by atoms with Gasteiger partial charge in [0, 0.05) is 16.8 Å². The van der Waals surface area contributed by atoms with Gasteiger partial charge in [0.15, 0.2) is 0 Å². The lowest BCUT2D eigenvalue weighted by Gasteiger charge is -2.35. The summed E-state index contributed by atoms with van der Waals surface area (Å²) < 4.78 is 0. The molecule has 3 aliphatic rings. The number of anilines is 3. The Bertz CT molecular complexity index is 4360. The van der Waals surface area contributed by atoms with E-state index < -0.39 is 10.8 Å². The van der Waals surface area contributed by atoms with Crippen molar-refractivity contribution in [3.8, 4) is 55.6 Å². The van der Waals surface area contributed by atoms with Crippen LogP contribution >= 0.6 is 0 Å². The molecular formula is C80H63N. The molecule has 0 bridgehead atoms. The normalized spacial score (nSPS) is 14.0. The summed E-state index contributed by atoms with van der Waals surface area (Å²) in [4.78, 5) is 2.63. The predicted molar refractivity (Wildman–Crippen MR) is 341 cm³/mol. The predicted octanol–water partition coefficient (Wildman–Crippen LogP) is 20.9. The molecule has 388 valence electrons. The Morgan fingerprint density at radius 3 is 1.32 bits per heavy atom. The second kappa shape index (κ2) is 18.1. The summed E-state index contributed by atoms with van der Waals surface area (Å²) in [5.74, 6) is 0. The molecule has 3 aliphatic carbocycles. The molecule has 0 unspecified atom stereocenters. The smallest absolute Gasteiger partial charge is 0.0726 e. The van der Waals surface area contributed by atoms with E-state index in [1.165, 1.54) is 116 Å². The van der Waals surface area contributed by atoms with Crippen molar-refractivity contribution < 1.29 is 0 Å². The summed E-state index contributed by atoms with van der Waals surface area (Å²) in [7, 11) is 0. The molecule has 81 heavy (non-hydrogen) atoms. The highest BCUT2D eigenvalue weighted by Gasteiger charge is 2.53. The first kappa shape index (κ1) is 48.8. The van der Waals surface area contributed by atoms with Gasteiger partial charge < -0.3 is 4.90 Å². The molecule has 0 amide bonds. The fourth-order valence-corrected chi connectivity index (χ4v) is 14.6. The minimum absolute atomic E-state index is 0.0639. The van der Waals surface area contributed by atoms with Crippen LogP contribution in [0.25, 0.3) is 66.4 Å². The number of nitrogens with zero attached hydrogens (tertiary/aromatic N) is 1. The Kier molecular flexibility index (Phi) is 10.9. The molecule has 1 nitrogen and oxygen atoms in total. The number of hydrogen-bond acceptors (Lipinski definition) is 1. The maximum Gasteiger partial charge on any atom is 0.0726 e. The maximum atomic E-state index is 2.63. The van der Waals surface area contributed by atoms with Gasteiger partial charge in [0.1, 0.15) is 0 Å². The Balaban J connectivity index is 1.07. The maximum absolute atomic E-state index is 2.63. The highest BCUT2D eigenvalue weighted by molar-refractivity contribution is 6.10. The van der Waals surface area contributed by atoms with E-state index in [-0.39, 0.29) is 10.8 Å². The molecule has 12 aromatic carbocycles. The zero-order valence-electron chi connectivity index (χ0n) is 46.9. The third-order valence-electron chi connectivity index (χ3n) is 18.3. The molecule has 0 N–H and O–H groups in total. The average molecular weight is 1040 g/mol. The first-order valence-corrected chi connectivity index (χ1v) is 28.8. The Morgan fingerprint density at radius 1 is 0.284 bits per heavy atom. The van der Waals surface area contributed by atoms with Crippen molar-refractivity contribution in [1.82, 2.24) is 0 Å². The average Bonchev–Trinajstić information content (AvgIpc) is 2.19. The molecule has 0 saturated carbocycles. The lowest BCUT2D eigenvalue weighted by molar-refractivity contribution is 0.586. The van der Waals surface area contributed by atoms with E-state index in [0.29, 0.717) is 0 Å². The second-order valence-electron chi connectivity index (χ2n) is 24.7. The molecule has 0 atom stereocenters. The highest BCUT2D eigenvalue weighted by atomic mass is 15.1. The second-order valence-corrected chi connectivity index (χ2v) is 24.7. The van der Waals surface area contributed by atoms with Gasteiger partial charge in [-0.2, -0.15) is 0 Å². The van der Waals surface area contributed by atoms with Crippen LogP contribution in [0.15, 0.2) is 273 Å². The molecule has 0 saturated heterocycles. The molecule has 0 aromatic heterocycles. The van der Waals surface area contributed by atoms with Crippen LogP contribution in [0, 0.1) is 0 Å². The van der Waals surface area contributed by atoms with Gasteiger partial charge in [0.05, 0.1) is 22.2 Å². The Labute approximate surface area is 477 Å². The van der Waals surface area contributed by atoms with Crippen molar-refractivity contribution >= 4 is 27.8 Å². The number of hydrogen-bond donors (Lipinski definition) is 0. The number of benzene rings is 12. The molecule has 12 aromatic rings. The van der Waals surface area contributed by atoms with Crippen molar-refractivity contribution in [2.45, 2.75) is 63.2 Å². The molecule has 0 fully saturated rings. The SMILES string of the molecule is CC(C)(C)c1ccc2c(c1)C1(c3ccccc3-c3ccc(N(c4ccccc4-c4cccc5cccc(-c6ccccc6)c45)c4cccc5c4-c4ccccc4C5(c4ccccc4)c4ccccc4)cc31)c1cc(C(C)(C)C)ccc1-2. The van der Waals surface area contributed by atoms with E-state index in [9.17, 15) is 0 Å². The van der Waals surface area contributed by atoms with Gasteiger partial charge >= 0.3 is 0 Å². The topological polar surface area (TPSA) is 3.24 Å². The standard InChI is InChI=1S/C80H63N/c1-77(2,3)56-43-46-61-62-47-44-57(78(4,5)6)50-71(62)80(70(61)49-56)67-38-19-16-33-60(67)63-48-45-58(51-72(63)80)81(73-41-21-18-34-64(73)65-37-23-28-53-27-22-36-59(75(53)65)52-25-10-7-11-26-52)74-42-24-40-69-76(74)66-35-17-20-39-68(66)79(69,54-29-12-8-13-30-54)55-31-14-9-15-32-55/h7-51H,1-6H3. The molecule has 1 heteroatoms. The minimum atomic E-state index is -0.596. The Morgan fingerprint density at radius 2 is 0.716 bits per heavy atom. The van der Waals surface area contributed by atoms with Gasteiger partial charge in [0.2, 0.25) is 0 Å². The molecule has 0 radical (unpaired) electrons. The number of fused-ring (bicyclic) bond motifs is 14. The molecule has 0 heterocycles. The molecule has 15 rings (SSSR count). The van der Waals surface area contributed by atoms with Crippen LogP contribution < -0.4 is 4.90 Å². The van der Waals surface area contributed by atoms with Gasteiger partial charge in [0.25, 0.3) is 0 Å². The van der Waals surface area contributed by atoms with Crippen LogP contribution in [-0.2, 0) is 21.7 Å². The first-order chi connectivity index (χ1) is 39.5. The lowest BCUT2D eigenvalue weighted by Crippen LogP contribution is -2.28. The molecular weight excluding hydrogens is 975 g/mol. The van der Waals surface area contributed by atoms with Crippen LogP contribution in [0.1, 0.15) is 97.2 Å². The van der Waals surface area contributed by atoms with Crippen molar-refractivity contribution in [2.24, 2.45) is 0 Å². The Hall–Kier alpha value is -9.30. The van der Waals surface area contributed by atoms with E-state index in [1.807, 2.05) is 0 Å². The summed E-state index contributed by atoms with van der Waals surface area (Å²) in [5.41, 5.74) is 27.6. The van der Waals surface area contributed by atoms with Gasteiger partial charge in [-0.05, 0) is 146 Å². The molecule has 1 spiro atoms. The quantitative estimate of drug-likeness (QED) is 0.154. The fraction of sp³-hybridized carbons (Fsp3) is 0.125. The van der Waals surface area contributed by atoms with Crippen LogP contribution in [0.2, 0.25) is 0 Å². The van der Waals surface area contributed by atoms with E-state index in [1.54, 1.807) is 0 Å². The summed E-state index contributed by atoms with van der Waals surface area (Å²) in [6.45, 7) is 14.1. The third-order valence-corrected chi connectivity index (χ3v) is 18.3. The van der Waals surface area contributed by atoms with Crippen molar-refractivity contribution in [3.05, 3.63) is 329 Å².